The van der Waals surface area contributed by atoms with Crippen molar-refractivity contribution in [3.8, 4) is 11.3 Å². The molecule has 0 aliphatic heterocycles. The number of thiazole rings is 1. The fraction of sp³-hybridized carbons (Fsp3) is 0.438. The van der Waals surface area contributed by atoms with E-state index in [1.165, 1.54) is 5.56 Å². The molecule has 20 heavy (non-hydrogen) atoms. The van der Waals surface area contributed by atoms with Crippen LogP contribution in [-0.2, 0) is 11.2 Å². The molecule has 1 aromatic heterocycles. The number of nitrogens with two attached hydrogens (primary N) is 1. The summed E-state index contributed by atoms with van der Waals surface area (Å²) in [5.41, 5.74) is 9.57. The number of aromatic nitrogens is 1. The monoisotopic (exact) mass is 290 g/mol. The molecule has 0 spiro atoms. The minimum absolute atomic E-state index is 0.0692. The largest absolute Gasteiger partial charge is 0.384 e. The summed E-state index contributed by atoms with van der Waals surface area (Å²) in [6.07, 6.45) is 3.02. The highest BCUT2D eigenvalue weighted by Gasteiger charge is 2.11. The SMILES string of the molecule is CCCC(N)c1nc(-c2ccc(CCOC)cc2)cs1. The highest BCUT2D eigenvalue weighted by molar-refractivity contribution is 7.10. The summed E-state index contributed by atoms with van der Waals surface area (Å²) in [6.45, 7) is 2.90. The van der Waals surface area contributed by atoms with Gasteiger partial charge in [0.2, 0.25) is 0 Å². The molecule has 0 fully saturated rings. The number of rotatable bonds is 7. The molecular weight excluding hydrogens is 268 g/mol. The predicted molar refractivity (Wildman–Crippen MR) is 85.0 cm³/mol. The third-order valence-corrected chi connectivity index (χ3v) is 4.26. The second-order valence-corrected chi connectivity index (χ2v) is 5.80. The van der Waals surface area contributed by atoms with Gasteiger partial charge in [-0.05, 0) is 18.4 Å². The van der Waals surface area contributed by atoms with Gasteiger partial charge in [0.1, 0.15) is 5.01 Å². The number of ether oxygens (including phenoxy) is 1. The summed E-state index contributed by atoms with van der Waals surface area (Å²) in [7, 11) is 1.73. The zero-order valence-corrected chi connectivity index (χ0v) is 13.0. The summed E-state index contributed by atoms with van der Waals surface area (Å²) in [5, 5.41) is 3.12. The van der Waals surface area contributed by atoms with Crippen molar-refractivity contribution in [2.45, 2.75) is 32.2 Å². The van der Waals surface area contributed by atoms with Crippen molar-refractivity contribution >= 4 is 11.3 Å². The van der Waals surface area contributed by atoms with Gasteiger partial charge in [0.15, 0.2) is 0 Å². The van der Waals surface area contributed by atoms with Crippen LogP contribution in [0.3, 0.4) is 0 Å². The Morgan fingerprint density at radius 2 is 2.05 bits per heavy atom. The molecule has 0 aliphatic carbocycles. The van der Waals surface area contributed by atoms with E-state index in [0.29, 0.717) is 0 Å². The zero-order chi connectivity index (χ0) is 14.4. The van der Waals surface area contributed by atoms with E-state index in [-0.39, 0.29) is 6.04 Å². The molecular formula is C16H22N2OS. The lowest BCUT2D eigenvalue weighted by Gasteiger charge is -2.05. The molecule has 2 rings (SSSR count). The van der Waals surface area contributed by atoms with Crippen molar-refractivity contribution in [1.29, 1.82) is 0 Å². The summed E-state index contributed by atoms with van der Waals surface area (Å²) >= 11 is 1.65. The first kappa shape index (κ1) is 15.2. The van der Waals surface area contributed by atoms with E-state index in [0.717, 1.165) is 42.1 Å². The van der Waals surface area contributed by atoms with E-state index < -0.39 is 0 Å². The molecule has 0 saturated carbocycles. The number of nitrogens with zero attached hydrogens (tertiary/aromatic N) is 1. The van der Waals surface area contributed by atoms with Gasteiger partial charge in [-0.15, -0.1) is 11.3 Å². The molecule has 1 aromatic carbocycles. The van der Waals surface area contributed by atoms with Gasteiger partial charge < -0.3 is 10.5 Å². The molecule has 4 heteroatoms. The lowest BCUT2D eigenvalue weighted by atomic mass is 10.1. The van der Waals surface area contributed by atoms with Crippen LogP contribution in [-0.4, -0.2) is 18.7 Å². The maximum Gasteiger partial charge on any atom is 0.110 e. The Balaban J connectivity index is 2.07. The summed E-state index contributed by atoms with van der Waals surface area (Å²) in [5.74, 6) is 0. The van der Waals surface area contributed by atoms with Gasteiger partial charge in [0, 0.05) is 18.1 Å². The number of methoxy groups -OCH3 is 1. The molecule has 1 heterocycles. The van der Waals surface area contributed by atoms with E-state index in [4.69, 9.17) is 10.5 Å². The van der Waals surface area contributed by atoms with Gasteiger partial charge >= 0.3 is 0 Å². The lowest BCUT2D eigenvalue weighted by molar-refractivity contribution is 0.202. The van der Waals surface area contributed by atoms with E-state index in [1.54, 1.807) is 18.4 Å². The molecule has 2 N–H and O–H groups in total. The number of benzene rings is 1. The summed E-state index contributed by atoms with van der Waals surface area (Å²) < 4.78 is 5.09. The number of hydrogen-bond donors (Lipinski definition) is 1. The van der Waals surface area contributed by atoms with E-state index in [9.17, 15) is 0 Å². The minimum atomic E-state index is 0.0692. The van der Waals surface area contributed by atoms with Crippen LogP contribution in [0, 0.1) is 0 Å². The fourth-order valence-corrected chi connectivity index (χ4v) is 2.95. The Bertz CT molecular complexity index is 522. The second-order valence-electron chi connectivity index (χ2n) is 4.91. The van der Waals surface area contributed by atoms with Gasteiger partial charge in [0.25, 0.3) is 0 Å². The van der Waals surface area contributed by atoms with Crippen LogP contribution in [0.5, 0.6) is 0 Å². The Morgan fingerprint density at radius 1 is 1.30 bits per heavy atom. The van der Waals surface area contributed by atoms with E-state index >= 15 is 0 Å². The molecule has 2 aromatic rings. The van der Waals surface area contributed by atoms with Crippen molar-refractivity contribution in [3.63, 3.8) is 0 Å². The maximum atomic E-state index is 6.11. The van der Waals surface area contributed by atoms with Gasteiger partial charge in [-0.1, -0.05) is 37.6 Å². The van der Waals surface area contributed by atoms with Gasteiger partial charge in [0.05, 0.1) is 18.3 Å². The molecule has 1 unspecified atom stereocenters. The average Bonchev–Trinajstić information content (AvgIpc) is 2.96. The van der Waals surface area contributed by atoms with E-state index in [1.807, 2.05) is 0 Å². The summed E-state index contributed by atoms with van der Waals surface area (Å²) in [4.78, 5) is 4.66. The van der Waals surface area contributed by atoms with Crippen LogP contribution < -0.4 is 5.73 Å². The van der Waals surface area contributed by atoms with Crippen LogP contribution in [0.25, 0.3) is 11.3 Å². The highest BCUT2D eigenvalue weighted by atomic mass is 32.1. The molecule has 0 radical (unpaired) electrons. The molecule has 0 saturated heterocycles. The smallest absolute Gasteiger partial charge is 0.110 e. The molecule has 0 bridgehead atoms. The third-order valence-electron chi connectivity index (χ3n) is 3.28. The Kier molecular flexibility index (Phi) is 5.71. The fourth-order valence-electron chi connectivity index (χ4n) is 2.09. The first-order valence-corrected chi connectivity index (χ1v) is 7.91. The highest BCUT2D eigenvalue weighted by Crippen LogP contribution is 2.26. The quantitative estimate of drug-likeness (QED) is 0.843. The topological polar surface area (TPSA) is 48.1 Å². The average molecular weight is 290 g/mol. The summed E-state index contributed by atoms with van der Waals surface area (Å²) in [6, 6.07) is 8.59. The third kappa shape index (κ3) is 3.88. The standard InChI is InChI=1S/C16H22N2OS/c1-3-4-14(17)16-18-15(11-20-16)13-7-5-12(6-8-13)9-10-19-2/h5-8,11,14H,3-4,9-10,17H2,1-2H3. The minimum Gasteiger partial charge on any atom is -0.384 e. The molecule has 0 amide bonds. The van der Waals surface area contributed by atoms with Crippen molar-refractivity contribution in [2.75, 3.05) is 13.7 Å². The van der Waals surface area contributed by atoms with Crippen molar-refractivity contribution < 1.29 is 4.74 Å². The Morgan fingerprint density at radius 3 is 2.70 bits per heavy atom. The predicted octanol–water partition coefficient (Wildman–Crippen LogP) is 3.80. The van der Waals surface area contributed by atoms with E-state index in [2.05, 4.69) is 41.6 Å². The van der Waals surface area contributed by atoms with Crippen LogP contribution in [0.1, 0.15) is 36.4 Å². The first-order chi connectivity index (χ1) is 9.74. The molecule has 1 atom stereocenters. The lowest BCUT2D eigenvalue weighted by Crippen LogP contribution is -2.09. The Labute approximate surface area is 124 Å². The first-order valence-electron chi connectivity index (χ1n) is 7.03. The van der Waals surface area contributed by atoms with Crippen molar-refractivity contribution in [2.24, 2.45) is 5.73 Å². The molecule has 0 aliphatic rings. The normalized spacial score (nSPS) is 12.6. The zero-order valence-electron chi connectivity index (χ0n) is 12.1. The van der Waals surface area contributed by atoms with Crippen LogP contribution >= 0.6 is 11.3 Å². The molecule has 108 valence electrons. The van der Waals surface area contributed by atoms with Gasteiger partial charge in [-0.25, -0.2) is 4.98 Å². The van der Waals surface area contributed by atoms with Crippen LogP contribution in [0.15, 0.2) is 29.6 Å². The van der Waals surface area contributed by atoms with Crippen molar-refractivity contribution in [3.05, 3.63) is 40.2 Å². The van der Waals surface area contributed by atoms with Crippen molar-refractivity contribution in [1.82, 2.24) is 4.98 Å². The van der Waals surface area contributed by atoms with Gasteiger partial charge in [-0.3, -0.25) is 0 Å². The van der Waals surface area contributed by atoms with Crippen LogP contribution in [0.4, 0.5) is 0 Å². The number of hydrogen-bond acceptors (Lipinski definition) is 4. The maximum absolute atomic E-state index is 6.11. The second kappa shape index (κ2) is 7.53. The van der Waals surface area contributed by atoms with Gasteiger partial charge in [-0.2, -0.15) is 0 Å². The Hall–Kier alpha value is -1.23. The van der Waals surface area contributed by atoms with Crippen LogP contribution in [0.2, 0.25) is 0 Å². The molecule has 3 nitrogen and oxygen atoms in total.